The van der Waals surface area contributed by atoms with E-state index in [-0.39, 0.29) is 11.3 Å². The van der Waals surface area contributed by atoms with Crippen LogP contribution in [0, 0.1) is 13.8 Å². The van der Waals surface area contributed by atoms with E-state index in [9.17, 15) is 14.7 Å². The highest BCUT2D eigenvalue weighted by Gasteiger charge is 2.46. The number of rotatable bonds is 6. The molecule has 2 aromatic rings. The maximum Gasteiger partial charge on any atom is 0.295 e. The van der Waals surface area contributed by atoms with E-state index in [2.05, 4.69) is 14.9 Å². The predicted octanol–water partition coefficient (Wildman–Crippen LogP) is 1.86. The van der Waals surface area contributed by atoms with Gasteiger partial charge < -0.3 is 19.5 Å². The normalized spacial score (nSPS) is 20.9. The van der Waals surface area contributed by atoms with Crippen LogP contribution in [0.15, 0.2) is 36.0 Å². The Bertz CT molecular complexity index is 1080. The number of benzene rings is 1. The fourth-order valence-electron chi connectivity index (χ4n) is 4.28. The fourth-order valence-corrected chi connectivity index (χ4v) is 4.28. The summed E-state index contributed by atoms with van der Waals surface area (Å²) in [7, 11) is 1.57. The number of hydrogen-bond donors (Lipinski definition) is 1. The van der Waals surface area contributed by atoms with Gasteiger partial charge in [-0.15, -0.1) is 0 Å². The summed E-state index contributed by atoms with van der Waals surface area (Å²) < 4.78 is 10.7. The second-order valence-electron chi connectivity index (χ2n) is 8.14. The van der Waals surface area contributed by atoms with E-state index in [4.69, 9.17) is 9.47 Å². The second kappa shape index (κ2) is 9.68. The van der Waals surface area contributed by atoms with Crippen LogP contribution < -0.4 is 4.74 Å². The van der Waals surface area contributed by atoms with E-state index >= 15 is 0 Å². The highest BCUT2D eigenvalue weighted by molar-refractivity contribution is 6.46. The Morgan fingerprint density at radius 2 is 1.85 bits per heavy atom. The topological polar surface area (TPSA) is 105 Å². The minimum atomic E-state index is -0.724. The van der Waals surface area contributed by atoms with Crippen LogP contribution in [0.3, 0.4) is 0 Å². The largest absolute Gasteiger partial charge is 0.507 e. The number of aliphatic hydroxyl groups excluding tert-OH is 1. The molecule has 174 valence electrons. The van der Waals surface area contributed by atoms with Gasteiger partial charge in [0.2, 0.25) is 0 Å². The first-order valence-electron chi connectivity index (χ1n) is 10.9. The molecule has 1 amide bonds. The van der Waals surface area contributed by atoms with E-state index in [0.29, 0.717) is 54.7 Å². The number of morpholine rings is 1. The van der Waals surface area contributed by atoms with Gasteiger partial charge in [-0.1, -0.05) is 12.1 Å². The van der Waals surface area contributed by atoms with Crippen molar-refractivity contribution in [2.45, 2.75) is 19.9 Å². The average molecular weight is 453 g/mol. The molecule has 4 rings (SSSR count). The van der Waals surface area contributed by atoms with Crippen molar-refractivity contribution >= 4 is 17.4 Å². The first-order chi connectivity index (χ1) is 15.9. The van der Waals surface area contributed by atoms with Crippen LogP contribution in [0.5, 0.6) is 5.75 Å². The van der Waals surface area contributed by atoms with Gasteiger partial charge in [-0.05, 0) is 31.5 Å². The molecule has 0 unspecified atom stereocenters. The van der Waals surface area contributed by atoms with Crippen molar-refractivity contribution in [2.24, 2.45) is 0 Å². The molecule has 0 radical (unpaired) electrons. The molecule has 9 nitrogen and oxygen atoms in total. The lowest BCUT2D eigenvalue weighted by Gasteiger charge is -2.31. The van der Waals surface area contributed by atoms with Crippen molar-refractivity contribution in [3.63, 3.8) is 0 Å². The summed E-state index contributed by atoms with van der Waals surface area (Å²) in [6.45, 7) is 7.28. The predicted molar refractivity (Wildman–Crippen MR) is 121 cm³/mol. The zero-order chi connectivity index (χ0) is 23.5. The lowest BCUT2D eigenvalue weighted by atomic mass is 9.95. The second-order valence-corrected chi connectivity index (χ2v) is 8.14. The van der Waals surface area contributed by atoms with Crippen molar-refractivity contribution in [3.05, 3.63) is 58.7 Å². The Morgan fingerprint density at radius 1 is 1.15 bits per heavy atom. The van der Waals surface area contributed by atoms with E-state index in [1.807, 2.05) is 12.1 Å². The van der Waals surface area contributed by atoms with E-state index in [1.165, 1.54) is 11.1 Å². The molecule has 9 heteroatoms. The standard InChI is InChI=1S/C24H28N4O5/c1-15-19(14-25-16(2)26-15)22(29)20-21(17-4-6-18(32-3)7-5-17)28(24(31)23(20)30)9-8-27-10-12-33-13-11-27/h4-7,14,21,29H,8-13H2,1-3H3/b22-20+/t21-/m0/s1. The number of likely N-dealkylation sites (tertiary alicyclic amines) is 1. The van der Waals surface area contributed by atoms with Crippen LogP contribution in [0.4, 0.5) is 0 Å². The summed E-state index contributed by atoms with van der Waals surface area (Å²) in [5, 5.41) is 11.2. The maximum atomic E-state index is 13.2. The number of aromatic nitrogens is 2. The Labute approximate surface area is 192 Å². The van der Waals surface area contributed by atoms with Gasteiger partial charge in [0.05, 0.1) is 43.2 Å². The summed E-state index contributed by atoms with van der Waals surface area (Å²) >= 11 is 0. The van der Waals surface area contributed by atoms with Crippen molar-refractivity contribution in [1.82, 2.24) is 19.8 Å². The number of nitrogens with zero attached hydrogens (tertiary/aromatic N) is 4. The molecule has 2 aliphatic rings. The number of Topliss-reactive ketones (excluding diaryl/α,β-unsaturated/α-hetero) is 1. The molecule has 1 aromatic carbocycles. The monoisotopic (exact) mass is 452 g/mol. The molecule has 1 atom stereocenters. The quantitative estimate of drug-likeness (QED) is 0.402. The van der Waals surface area contributed by atoms with Gasteiger partial charge in [0.15, 0.2) is 0 Å². The Hall–Kier alpha value is -3.30. The van der Waals surface area contributed by atoms with Crippen molar-refractivity contribution in [2.75, 3.05) is 46.5 Å². The first kappa shape index (κ1) is 22.9. The lowest BCUT2D eigenvalue weighted by molar-refractivity contribution is -0.140. The number of aliphatic hydroxyl groups is 1. The number of aryl methyl sites for hydroxylation is 2. The van der Waals surface area contributed by atoms with Crippen molar-refractivity contribution < 1.29 is 24.2 Å². The van der Waals surface area contributed by atoms with E-state index < -0.39 is 17.7 Å². The van der Waals surface area contributed by atoms with Crippen molar-refractivity contribution in [3.8, 4) is 5.75 Å². The SMILES string of the molecule is COc1ccc([C@H]2/C(=C(\O)c3cnc(C)nc3C)C(=O)C(=O)N2CCN2CCOCC2)cc1. The number of carbonyl (C=O) groups is 2. The molecule has 2 aliphatic heterocycles. The third-order valence-corrected chi connectivity index (χ3v) is 6.09. The summed E-state index contributed by atoms with van der Waals surface area (Å²) in [5.41, 5.74) is 1.63. The zero-order valence-electron chi connectivity index (χ0n) is 19.1. The first-order valence-corrected chi connectivity index (χ1v) is 10.9. The molecule has 1 N–H and O–H groups in total. The van der Waals surface area contributed by atoms with Crippen LogP contribution in [-0.2, 0) is 14.3 Å². The Balaban J connectivity index is 1.75. The molecule has 0 spiro atoms. The van der Waals surface area contributed by atoms with E-state index in [1.54, 1.807) is 33.1 Å². The lowest BCUT2D eigenvalue weighted by Crippen LogP contribution is -2.42. The molecule has 0 saturated carbocycles. The number of hydrogen-bond acceptors (Lipinski definition) is 8. The summed E-state index contributed by atoms with van der Waals surface area (Å²) in [6.07, 6.45) is 1.49. The van der Waals surface area contributed by atoms with Crippen LogP contribution in [0.25, 0.3) is 5.76 Å². The van der Waals surface area contributed by atoms with Gasteiger partial charge in [-0.25, -0.2) is 9.97 Å². The molecule has 2 saturated heterocycles. The molecule has 3 heterocycles. The molecular weight excluding hydrogens is 424 g/mol. The molecular formula is C24H28N4O5. The third-order valence-electron chi connectivity index (χ3n) is 6.09. The molecule has 1 aromatic heterocycles. The summed E-state index contributed by atoms with van der Waals surface area (Å²) in [6, 6.07) is 6.44. The van der Waals surface area contributed by atoms with Crippen LogP contribution in [0.2, 0.25) is 0 Å². The Kier molecular flexibility index (Phi) is 6.71. The maximum absolute atomic E-state index is 13.2. The van der Waals surface area contributed by atoms with Crippen LogP contribution in [0.1, 0.15) is 28.7 Å². The van der Waals surface area contributed by atoms with Gasteiger partial charge in [0.1, 0.15) is 17.3 Å². The van der Waals surface area contributed by atoms with Crippen LogP contribution in [-0.4, -0.2) is 83.1 Å². The molecule has 0 aliphatic carbocycles. The van der Waals surface area contributed by atoms with Gasteiger partial charge in [0.25, 0.3) is 11.7 Å². The summed E-state index contributed by atoms with van der Waals surface area (Å²) in [5.74, 6) is -0.388. The minimum absolute atomic E-state index is 0.0442. The molecule has 33 heavy (non-hydrogen) atoms. The average Bonchev–Trinajstić information content (AvgIpc) is 3.08. The number of amides is 1. The summed E-state index contributed by atoms with van der Waals surface area (Å²) in [4.78, 5) is 38.5. The molecule has 0 bridgehead atoms. The van der Waals surface area contributed by atoms with Crippen molar-refractivity contribution in [1.29, 1.82) is 0 Å². The fraction of sp³-hybridized carbons (Fsp3) is 0.417. The van der Waals surface area contributed by atoms with Gasteiger partial charge in [-0.3, -0.25) is 14.5 Å². The highest BCUT2D eigenvalue weighted by atomic mass is 16.5. The van der Waals surface area contributed by atoms with Gasteiger partial charge in [0, 0.05) is 32.4 Å². The Morgan fingerprint density at radius 3 is 2.48 bits per heavy atom. The zero-order valence-corrected chi connectivity index (χ0v) is 19.1. The van der Waals surface area contributed by atoms with Crippen LogP contribution >= 0.6 is 0 Å². The van der Waals surface area contributed by atoms with Gasteiger partial charge >= 0.3 is 0 Å². The number of ketones is 1. The van der Waals surface area contributed by atoms with E-state index in [0.717, 1.165) is 13.1 Å². The highest BCUT2D eigenvalue weighted by Crippen LogP contribution is 2.40. The third kappa shape index (κ3) is 4.60. The minimum Gasteiger partial charge on any atom is -0.507 e. The smallest absolute Gasteiger partial charge is 0.295 e. The number of ether oxygens (including phenoxy) is 2. The number of carbonyl (C=O) groups excluding carboxylic acids is 2. The van der Waals surface area contributed by atoms with Gasteiger partial charge in [-0.2, -0.15) is 0 Å². The number of methoxy groups -OCH3 is 1. The molecule has 2 fully saturated rings.